The predicted octanol–water partition coefficient (Wildman–Crippen LogP) is 8.06. The van der Waals surface area contributed by atoms with Crippen molar-refractivity contribution in [2.24, 2.45) is 5.92 Å². The first-order valence-corrected chi connectivity index (χ1v) is 16.8. The highest BCUT2D eigenvalue weighted by Gasteiger charge is 2.44. The van der Waals surface area contributed by atoms with Gasteiger partial charge in [-0.1, -0.05) is 48.4 Å². The van der Waals surface area contributed by atoms with Crippen LogP contribution in [0.1, 0.15) is 94.6 Å². The quantitative estimate of drug-likeness (QED) is 0.256. The van der Waals surface area contributed by atoms with Gasteiger partial charge in [-0.25, -0.2) is 4.98 Å². The highest BCUT2D eigenvalue weighted by Crippen LogP contribution is 2.50. The van der Waals surface area contributed by atoms with Crippen LogP contribution in [0.3, 0.4) is 0 Å². The van der Waals surface area contributed by atoms with Gasteiger partial charge < -0.3 is 18.8 Å². The van der Waals surface area contributed by atoms with E-state index in [-0.39, 0.29) is 11.8 Å². The standard InChI is InChI=1S/C36H40ClN5O3/c1-23-7-3-12-26(37)15-16-30(23)36(2)44-32-14-6-13-29(34(32)45-36)25-10-4-8-24(9-5-11-25)19-33-39-31-20-27(21-38)40-41-35(31)42(33)22-28-17-18-43-28/h6,8,13-16,20,23,25,28H,3-5,7,9-12,17-19,22H2,1-2H3/b24-8-,26-15+,30-16+/t23?,25?,28-,36-/m0/s1. The van der Waals surface area contributed by atoms with Crippen LogP contribution in [-0.2, 0) is 17.7 Å². The van der Waals surface area contributed by atoms with Crippen molar-refractivity contribution in [1.29, 1.82) is 5.26 Å². The molecule has 0 N–H and O–H groups in total. The summed E-state index contributed by atoms with van der Waals surface area (Å²) in [5.41, 5.74) is 5.51. The zero-order chi connectivity index (χ0) is 31.0. The molecule has 45 heavy (non-hydrogen) atoms. The van der Waals surface area contributed by atoms with E-state index in [0.29, 0.717) is 18.4 Å². The van der Waals surface area contributed by atoms with Crippen molar-refractivity contribution in [2.45, 2.75) is 102 Å². The first-order chi connectivity index (χ1) is 21.9. The Bertz CT molecular complexity index is 1730. The fourth-order valence-corrected chi connectivity index (χ4v) is 7.51. The molecule has 9 heteroatoms. The van der Waals surface area contributed by atoms with E-state index in [2.05, 4.69) is 52.0 Å². The lowest BCUT2D eigenvalue weighted by Gasteiger charge is -2.31. The predicted molar refractivity (Wildman–Crippen MR) is 173 cm³/mol. The number of hydrogen-bond donors (Lipinski definition) is 0. The molecule has 0 saturated carbocycles. The molecule has 7 rings (SSSR count). The van der Waals surface area contributed by atoms with Gasteiger partial charge in [0.1, 0.15) is 17.4 Å². The van der Waals surface area contributed by atoms with E-state index in [9.17, 15) is 5.26 Å². The number of fused-ring (bicyclic) bond motifs is 2. The van der Waals surface area contributed by atoms with Crippen molar-refractivity contribution in [3.05, 3.63) is 75.8 Å². The molecule has 1 aromatic carbocycles. The second-order valence-corrected chi connectivity index (χ2v) is 13.5. The maximum absolute atomic E-state index is 9.32. The third-order valence-corrected chi connectivity index (χ3v) is 10.2. The highest BCUT2D eigenvalue weighted by atomic mass is 35.5. The van der Waals surface area contributed by atoms with E-state index >= 15 is 0 Å². The third-order valence-electron chi connectivity index (χ3n) is 9.85. The number of ether oxygens (including phenoxy) is 3. The molecule has 3 aromatic rings. The molecule has 4 atom stereocenters. The van der Waals surface area contributed by atoms with Crippen molar-refractivity contribution in [1.82, 2.24) is 19.7 Å². The smallest absolute Gasteiger partial charge is 0.272 e. The van der Waals surface area contributed by atoms with E-state index in [0.717, 1.165) is 110 Å². The summed E-state index contributed by atoms with van der Waals surface area (Å²) in [6.07, 6.45) is 16.7. The minimum absolute atomic E-state index is 0.173. The molecule has 4 aliphatic rings. The molecular weight excluding hydrogens is 586 g/mol. The van der Waals surface area contributed by atoms with Crippen molar-refractivity contribution in [2.75, 3.05) is 6.61 Å². The Balaban J connectivity index is 1.08. The summed E-state index contributed by atoms with van der Waals surface area (Å²) >= 11 is 6.43. The van der Waals surface area contributed by atoms with Gasteiger partial charge in [0.25, 0.3) is 5.79 Å². The average molecular weight is 626 g/mol. The van der Waals surface area contributed by atoms with Gasteiger partial charge >= 0.3 is 0 Å². The zero-order valence-corrected chi connectivity index (χ0v) is 26.9. The van der Waals surface area contributed by atoms with E-state index in [1.807, 2.05) is 19.1 Å². The molecule has 0 amide bonds. The first-order valence-electron chi connectivity index (χ1n) is 16.4. The molecule has 8 nitrogen and oxygen atoms in total. The summed E-state index contributed by atoms with van der Waals surface area (Å²) in [6.45, 7) is 5.81. The van der Waals surface area contributed by atoms with Gasteiger partial charge in [0.15, 0.2) is 22.8 Å². The second kappa shape index (κ2) is 12.6. The molecule has 1 fully saturated rings. The average Bonchev–Trinajstić information content (AvgIpc) is 3.51. The number of benzene rings is 1. The van der Waals surface area contributed by atoms with E-state index in [4.69, 9.17) is 30.8 Å². The minimum Gasteiger partial charge on any atom is -0.445 e. The maximum atomic E-state index is 9.32. The highest BCUT2D eigenvalue weighted by molar-refractivity contribution is 6.29. The fourth-order valence-electron chi connectivity index (χ4n) is 7.32. The van der Waals surface area contributed by atoms with Crippen LogP contribution in [0.5, 0.6) is 11.5 Å². The van der Waals surface area contributed by atoms with Crippen molar-refractivity contribution < 1.29 is 14.2 Å². The van der Waals surface area contributed by atoms with Crippen LogP contribution in [0.2, 0.25) is 0 Å². The molecule has 234 valence electrons. The van der Waals surface area contributed by atoms with Crippen LogP contribution in [0.15, 0.2) is 58.7 Å². The van der Waals surface area contributed by atoms with Gasteiger partial charge in [-0.2, -0.15) is 5.26 Å². The SMILES string of the molecule is CC1CCC/C(Cl)=C\C=C/1[C@@]1(C)Oc2cccc(C3CC/C=C(\Cc4nc5cc(C#N)nnc5n4C[C@@H]4CCO4)CCC3)c2O1. The third kappa shape index (κ3) is 6.13. The monoisotopic (exact) mass is 625 g/mol. The second-order valence-electron chi connectivity index (χ2n) is 13.0. The van der Waals surface area contributed by atoms with Crippen molar-refractivity contribution in [3.63, 3.8) is 0 Å². The van der Waals surface area contributed by atoms with E-state index in [1.165, 1.54) is 11.1 Å². The summed E-state index contributed by atoms with van der Waals surface area (Å²) in [6, 6.07) is 10.2. The summed E-state index contributed by atoms with van der Waals surface area (Å²) in [4.78, 5) is 4.92. The molecule has 2 aromatic heterocycles. The van der Waals surface area contributed by atoms with Crippen LogP contribution >= 0.6 is 11.6 Å². The zero-order valence-electron chi connectivity index (χ0n) is 26.1. The largest absolute Gasteiger partial charge is 0.445 e. The molecule has 4 heterocycles. The lowest BCUT2D eigenvalue weighted by Crippen LogP contribution is -2.39. The Morgan fingerprint density at radius 2 is 1.96 bits per heavy atom. The Labute approximate surface area is 269 Å². The molecule has 2 aliphatic carbocycles. The Morgan fingerprint density at radius 1 is 1.09 bits per heavy atom. The lowest BCUT2D eigenvalue weighted by molar-refractivity contribution is -0.0590. The number of allylic oxidation sites excluding steroid dienone is 5. The Morgan fingerprint density at radius 3 is 2.78 bits per heavy atom. The maximum Gasteiger partial charge on any atom is 0.272 e. The van der Waals surface area contributed by atoms with Crippen molar-refractivity contribution >= 4 is 22.8 Å². The van der Waals surface area contributed by atoms with Crippen LogP contribution in [0, 0.1) is 17.2 Å². The number of halogens is 1. The number of rotatable bonds is 6. The van der Waals surface area contributed by atoms with Crippen LogP contribution in [0.25, 0.3) is 11.2 Å². The number of nitrogens with zero attached hydrogens (tertiary/aromatic N) is 5. The Hall–Kier alpha value is -3.67. The van der Waals surface area contributed by atoms with Gasteiger partial charge in [0, 0.05) is 42.2 Å². The molecular formula is C36H40ClN5O3. The summed E-state index contributed by atoms with van der Waals surface area (Å²) in [5.74, 6) is 2.58. The molecule has 1 saturated heterocycles. The molecule has 0 bridgehead atoms. The van der Waals surface area contributed by atoms with Gasteiger partial charge in [-0.3, -0.25) is 0 Å². The van der Waals surface area contributed by atoms with Gasteiger partial charge in [-0.15, -0.1) is 10.2 Å². The number of para-hydroxylation sites is 1. The molecule has 0 spiro atoms. The minimum atomic E-state index is -0.841. The van der Waals surface area contributed by atoms with Crippen molar-refractivity contribution in [3.8, 4) is 17.6 Å². The first kappa shape index (κ1) is 30.0. The van der Waals surface area contributed by atoms with Crippen LogP contribution in [-0.4, -0.2) is 38.2 Å². The van der Waals surface area contributed by atoms with Gasteiger partial charge in [0.05, 0.1) is 12.6 Å². The number of nitriles is 1. The fraction of sp³-hybridized carbons (Fsp3) is 0.500. The van der Waals surface area contributed by atoms with Gasteiger partial charge in [0.2, 0.25) is 0 Å². The number of aromatic nitrogens is 4. The summed E-state index contributed by atoms with van der Waals surface area (Å²) in [7, 11) is 0. The molecule has 0 radical (unpaired) electrons. The lowest BCUT2D eigenvalue weighted by atomic mass is 9.85. The van der Waals surface area contributed by atoms with E-state index < -0.39 is 5.79 Å². The summed E-state index contributed by atoms with van der Waals surface area (Å²) in [5, 5.41) is 18.6. The topological polar surface area (TPSA) is 95.1 Å². The molecule has 2 unspecified atom stereocenters. The van der Waals surface area contributed by atoms with Gasteiger partial charge in [-0.05, 0) is 81.8 Å². The van der Waals surface area contributed by atoms with Crippen LogP contribution < -0.4 is 9.47 Å². The van der Waals surface area contributed by atoms with Crippen LogP contribution in [0.4, 0.5) is 0 Å². The molecule has 2 aliphatic heterocycles. The summed E-state index contributed by atoms with van der Waals surface area (Å²) < 4.78 is 21.2. The van der Waals surface area contributed by atoms with E-state index in [1.54, 1.807) is 6.07 Å². The Kier molecular flexibility index (Phi) is 8.41. The number of imidazole rings is 1. The normalized spacial score (nSPS) is 30.3. The number of hydrogen-bond acceptors (Lipinski definition) is 7.